The predicted octanol–water partition coefficient (Wildman–Crippen LogP) is 2.75. The number of thiazole rings is 1. The number of aryl methyl sites for hydroxylation is 2. The van der Waals surface area contributed by atoms with E-state index in [-0.39, 0.29) is 24.5 Å². The average molecular weight is 388 g/mol. The van der Waals surface area contributed by atoms with Gasteiger partial charge in [0.15, 0.2) is 6.10 Å². The molecule has 27 heavy (non-hydrogen) atoms. The predicted molar refractivity (Wildman–Crippen MR) is 104 cm³/mol. The van der Waals surface area contributed by atoms with E-state index in [1.54, 1.807) is 16.2 Å². The molecule has 1 aliphatic heterocycles. The zero-order chi connectivity index (χ0) is 19.6. The van der Waals surface area contributed by atoms with Crippen LogP contribution < -0.4 is 5.32 Å². The molecule has 1 aromatic heterocycles. The van der Waals surface area contributed by atoms with Gasteiger partial charge < -0.3 is 15.0 Å². The van der Waals surface area contributed by atoms with Gasteiger partial charge in [-0.15, -0.1) is 11.3 Å². The normalized spacial score (nSPS) is 20.2. The third-order valence-electron chi connectivity index (χ3n) is 4.64. The number of morpholine rings is 1. The topological polar surface area (TPSA) is 71.5 Å². The highest BCUT2D eigenvalue weighted by molar-refractivity contribution is 7.11. The first-order valence-electron chi connectivity index (χ1n) is 9.06. The summed E-state index contributed by atoms with van der Waals surface area (Å²) in [7, 11) is 0. The van der Waals surface area contributed by atoms with E-state index in [0.717, 1.165) is 21.1 Å². The van der Waals surface area contributed by atoms with Gasteiger partial charge in [0.05, 0.1) is 23.3 Å². The summed E-state index contributed by atoms with van der Waals surface area (Å²) in [5.41, 5.74) is 1.82. The van der Waals surface area contributed by atoms with Gasteiger partial charge in [-0.2, -0.15) is 0 Å². The maximum absolute atomic E-state index is 13.0. The minimum absolute atomic E-state index is 0.0340. The summed E-state index contributed by atoms with van der Waals surface area (Å²) in [6.07, 6.45) is -0.748. The molecule has 1 aliphatic rings. The Balaban J connectivity index is 1.83. The molecule has 1 N–H and O–H groups in total. The van der Waals surface area contributed by atoms with Crippen LogP contribution in [0.1, 0.15) is 41.0 Å². The number of nitrogens with zero attached hydrogens (tertiary/aromatic N) is 2. The van der Waals surface area contributed by atoms with Crippen molar-refractivity contribution >= 4 is 23.2 Å². The molecule has 2 amide bonds. The van der Waals surface area contributed by atoms with E-state index in [2.05, 4.69) is 10.3 Å². The average Bonchev–Trinajstić information content (AvgIpc) is 2.97. The minimum atomic E-state index is -0.748. The molecule has 144 valence electrons. The fourth-order valence-corrected chi connectivity index (χ4v) is 4.32. The van der Waals surface area contributed by atoms with Gasteiger partial charge in [-0.3, -0.25) is 9.59 Å². The number of benzene rings is 1. The largest absolute Gasteiger partial charge is 0.356 e. The van der Waals surface area contributed by atoms with Crippen LogP contribution in [-0.2, 0) is 20.9 Å². The maximum atomic E-state index is 13.0. The summed E-state index contributed by atoms with van der Waals surface area (Å²) >= 11 is 1.57. The zero-order valence-electron chi connectivity index (χ0n) is 16.1. The number of amides is 2. The van der Waals surface area contributed by atoms with Crippen molar-refractivity contribution in [3.05, 3.63) is 51.5 Å². The molecule has 2 atom stereocenters. The third kappa shape index (κ3) is 4.20. The van der Waals surface area contributed by atoms with Crippen molar-refractivity contribution in [2.45, 2.75) is 52.4 Å². The number of carbonyl (C=O) groups is 2. The number of carbonyl (C=O) groups excluding carboxylic acids is 2. The Bertz CT molecular complexity index is 819. The molecule has 0 bridgehead atoms. The van der Waals surface area contributed by atoms with Crippen LogP contribution in [0.2, 0.25) is 0 Å². The molecule has 3 rings (SSSR count). The van der Waals surface area contributed by atoms with Crippen LogP contribution in [0.25, 0.3) is 0 Å². The SMILES string of the molecule is Cc1nc(C)c(CNC(=O)[C@H]2OCC(=O)N(C(C)C)[C@@H]2c2ccccc2)s1. The molecule has 2 heterocycles. The monoisotopic (exact) mass is 387 g/mol. The third-order valence-corrected chi connectivity index (χ3v) is 5.71. The Morgan fingerprint density at radius 3 is 2.63 bits per heavy atom. The van der Waals surface area contributed by atoms with E-state index in [4.69, 9.17) is 4.74 Å². The van der Waals surface area contributed by atoms with Crippen molar-refractivity contribution in [1.29, 1.82) is 0 Å². The molecular weight excluding hydrogens is 362 g/mol. The van der Waals surface area contributed by atoms with Gasteiger partial charge >= 0.3 is 0 Å². The van der Waals surface area contributed by atoms with Gasteiger partial charge in [0.1, 0.15) is 6.61 Å². The second kappa shape index (κ2) is 8.19. The van der Waals surface area contributed by atoms with Crippen LogP contribution in [0.3, 0.4) is 0 Å². The van der Waals surface area contributed by atoms with Crippen molar-refractivity contribution in [3.8, 4) is 0 Å². The molecule has 6 nitrogen and oxygen atoms in total. The fourth-order valence-electron chi connectivity index (χ4n) is 3.45. The second-order valence-electron chi connectivity index (χ2n) is 6.94. The van der Waals surface area contributed by atoms with Crippen LogP contribution in [0.5, 0.6) is 0 Å². The first-order chi connectivity index (χ1) is 12.9. The zero-order valence-corrected chi connectivity index (χ0v) is 16.9. The Hall–Kier alpha value is -2.25. The number of nitrogens with one attached hydrogen (secondary N) is 1. The summed E-state index contributed by atoms with van der Waals surface area (Å²) in [4.78, 5) is 32.6. The van der Waals surface area contributed by atoms with Gasteiger partial charge in [-0.1, -0.05) is 30.3 Å². The second-order valence-corrected chi connectivity index (χ2v) is 8.23. The lowest BCUT2D eigenvalue weighted by Crippen LogP contribution is -2.56. The van der Waals surface area contributed by atoms with Crippen molar-refractivity contribution in [2.75, 3.05) is 6.61 Å². The number of hydrogen-bond donors (Lipinski definition) is 1. The summed E-state index contributed by atoms with van der Waals surface area (Å²) in [6.45, 7) is 8.12. The van der Waals surface area contributed by atoms with Gasteiger partial charge in [0.2, 0.25) is 5.91 Å². The Labute approximate surface area is 163 Å². The van der Waals surface area contributed by atoms with Gasteiger partial charge in [-0.05, 0) is 33.3 Å². The van der Waals surface area contributed by atoms with E-state index in [9.17, 15) is 9.59 Å². The smallest absolute Gasteiger partial charge is 0.251 e. The van der Waals surface area contributed by atoms with Crippen molar-refractivity contribution in [3.63, 3.8) is 0 Å². The minimum Gasteiger partial charge on any atom is -0.356 e. The first-order valence-corrected chi connectivity index (χ1v) is 9.88. The molecule has 0 radical (unpaired) electrons. The number of aromatic nitrogens is 1. The standard InChI is InChI=1S/C20H25N3O3S/c1-12(2)23-17(24)11-26-19(18(23)15-8-6-5-7-9-15)20(25)21-10-16-13(3)22-14(4)27-16/h5-9,12,18-19H,10-11H2,1-4H3,(H,21,25)/t18-,19+/m1/s1. The van der Waals surface area contributed by atoms with Crippen LogP contribution in [0.15, 0.2) is 30.3 Å². The van der Waals surface area contributed by atoms with E-state index in [1.165, 1.54) is 0 Å². The lowest BCUT2D eigenvalue weighted by atomic mass is 9.96. The maximum Gasteiger partial charge on any atom is 0.251 e. The quantitative estimate of drug-likeness (QED) is 0.856. The Kier molecular flexibility index (Phi) is 5.92. The van der Waals surface area contributed by atoms with Crippen LogP contribution >= 0.6 is 11.3 Å². The highest BCUT2D eigenvalue weighted by atomic mass is 32.1. The van der Waals surface area contributed by atoms with Gasteiger partial charge in [0.25, 0.3) is 5.91 Å². The Morgan fingerprint density at radius 2 is 2.04 bits per heavy atom. The van der Waals surface area contributed by atoms with E-state index < -0.39 is 12.1 Å². The molecule has 7 heteroatoms. The summed E-state index contributed by atoms with van der Waals surface area (Å²) < 4.78 is 5.71. The summed E-state index contributed by atoms with van der Waals surface area (Å²) in [5.74, 6) is -0.315. The van der Waals surface area contributed by atoms with Crippen molar-refractivity contribution < 1.29 is 14.3 Å². The number of ether oxygens (including phenoxy) is 1. The Morgan fingerprint density at radius 1 is 1.33 bits per heavy atom. The van der Waals surface area contributed by atoms with Crippen molar-refractivity contribution in [1.82, 2.24) is 15.2 Å². The molecule has 0 unspecified atom stereocenters. The number of rotatable bonds is 5. The lowest BCUT2D eigenvalue weighted by Gasteiger charge is -2.42. The molecule has 0 spiro atoms. The lowest BCUT2D eigenvalue weighted by molar-refractivity contribution is -0.167. The molecule has 1 saturated heterocycles. The number of hydrogen-bond acceptors (Lipinski definition) is 5. The molecule has 2 aromatic rings. The fraction of sp³-hybridized carbons (Fsp3) is 0.450. The van der Waals surface area contributed by atoms with E-state index in [1.807, 2.05) is 58.0 Å². The molecule has 1 fully saturated rings. The molecule has 1 aromatic carbocycles. The van der Waals surface area contributed by atoms with Gasteiger partial charge in [-0.25, -0.2) is 4.98 Å². The van der Waals surface area contributed by atoms with Crippen molar-refractivity contribution in [2.24, 2.45) is 0 Å². The van der Waals surface area contributed by atoms with E-state index in [0.29, 0.717) is 6.54 Å². The first kappa shape index (κ1) is 19.5. The van der Waals surface area contributed by atoms with Crippen LogP contribution in [-0.4, -0.2) is 40.5 Å². The molecule has 0 aliphatic carbocycles. The molecular formula is C20H25N3O3S. The van der Waals surface area contributed by atoms with Crippen LogP contribution in [0.4, 0.5) is 0 Å². The highest BCUT2D eigenvalue weighted by Gasteiger charge is 2.42. The summed E-state index contributed by atoms with van der Waals surface area (Å²) in [6, 6.07) is 9.11. The molecule has 0 saturated carbocycles. The van der Waals surface area contributed by atoms with Crippen LogP contribution in [0, 0.1) is 13.8 Å². The summed E-state index contributed by atoms with van der Waals surface area (Å²) in [5, 5.41) is 3.94. The van der Waals surface area contributed by atoms with E-state index >= 15 is 0 Å². The highest BCUT2D eigenvalue weighted by Crippen LogP contribution is 2.32. The van der Waals surface area contributed by atoms with Gasteiger partial charge in [0, 0.05) is 10.9 Å².